The van der Waals surface area contributed by atoms with Crippen molar-refractivity contribution >= 4 is 27.6 Å². The number of ether oxygens (including phenoxy) is 1. The molecule has 106 valence electrons. The number of carbonyl (C=O) groups is 1. The van der Waals surface area contributed by atoms with Crippen LogP contribution in [-0.4, -0.2) is 18.2 Å². The summed E-state index contributed by atoms with van der Waals surface area (Å²) < 4.78 is 11.3. The Labute approximate surface area is 124 Å². The molecule has 0 fully saturated rings. The summed E-state index contributed by atoms with van der Waals surface area (Å²) in [6.07, 6.45) is 0. The normalized spacial score (nSPS) is 10.3. The number of rotatable bonds is 5. The Morgan fingerprint density at radius 2 is 2.20 bits per heavy atom. The highest BCUT2D eigenvalue weighted by atomic mass is 79.9. The number of aromatic carboxylic acids is 1. The standard InChI is InChI=1S/C14H14BrNO4/c1-8-5-10(20-13(8)14(17)18)7-16-9-3-4-11(15)12(6-9)19-2/h3-6,16H,7H2,1-2H3,(H,17,18). The van der Waals surface area contributed by atoms with Crippen molar-refractivity contribution < 1.29 is 19.1 Å². The molecule has 0 aliphatic rings. The summed E-state index contributed by atoms with van der Waals surface area (Å²) in [5.41, 5.74) is 1.47. The summed E-state index contributed by atoms with van der Waals surface area (Å²) in [7, 11) is 1.60. The topological polar surface area (TPSA) is 71.7 Å². The average molecular weight is 340 g/mol. The maximum absolute atomic E-state index is 10.9. The average Bonchev–Trinajstić information content (AvgIpc) is 2.79. The van der Waals surface area contributed by atoms with Crippen molar-refractivity contribution in [3.63, 3.8) is 0 Å². The fourth-order valence-corrected chi connectivity index (χ4v) is 2.21. The van der Waals surface area contributed by atoms with Crippen molar-refractivity contribution in [2.24, 2.45) is 0 Å². The second kappa shape index (κ2) is 6.00. The molecule has 0 atom stereocenters. The lowest BCUT2D eigenvalue weighted by Crippen LogP contribution is -1.99. The largest absolute Gasteiger partial charge is 0.495 e. The zero-order valence-electron chi connectivity index (χ0n) is 11.1. The van der Waals surface area contributed by atoms with Crippen LogP contribution in [0.4, 0.5) is 5.69 Å². The monoisotopic (exact) mass is 339 g/mol. The number of aryl methyl sites for hydroxylation is 1. The molecule has 2 aromatic rings. The van der Waals surface area contributed by atoms with Crippen molar-refractivity contribution in [1.82, 2.24) is 0 Å². The summed E-state index contributed by atoms with van der Waals surface area (Å²) in [6.45, 7) is 2.11. The summed E-state index contributed by atoms with van der Waals surface area (Å²) >= 11 is 3.38. The van der Waals surface area contributed by atoms with E-state index < -0.39 is 5.97 Å². The molecule has 0 bridgehead atoms. The van der Waals surface area contributed by atoms with Gasteiger partial charge in [0.15, 0.2) is 0 Å². The Balaban J connectivity index is 2.09. The van der Waals surface area contributed by atoms with Gasteiger partial charge in [0.1, 0.15) is 11.5 Å². The highest BCUT2D eigenvalue weighted by Crippen LogP contribution is 2.28. The van der Waals surface area contributed by atoms with Crippen LogP contribution in [0.3, 0.4) is 0 Å². The van der Waals surface area contributed by atoms with E-state index in [1.54, 1.807) is 20.1 Å². The molecular weight excluding hydrogens is 326 g/mol. The van der Waals surface area contributed by atoms with Crippen molar-refractivity contribution in [2.75, 3.05) is 12.4 Å². The first-order valence-corrected chi connectivity index (χ1v) is 6.70. The van der Waals surface area contributed by atoms with Gasteiger partial charge in [0.05, 0.1) is 18.1 Å². The van der Waals surface area contributed by atoms with E-state index in [2.05, 4.69) is 21.2 Å². The SMILES string of the molecule is COc1cc(NCc2cc(C)c(C(=O)O)o2)ccc1Br. The summed E-state index contributed by atoms with van der Waals surface area (Å²) in [5.74, 6) is 0.216. The number of halogens is 1. The van der Waals surface area contributed by atoms with E-state index in [-0.39, 0.29) is 5.76 Å². The number of hydrogen-bond acceptors (Lipinski definition) is 4. The number of hydrogen-bond donors (Lipinski definition) is 2. The van der Waals surface area contributed by atoms with Gasteiger partial charge in [0, 0.05) is 17.3 Å². The molecule has 2 rings (SSSR count). The van der Waals surface area contributed by atoms with E-state index in [1.165, 1.54) is 0 Å². The number of benzene rings is 1. The minimum Gasteiger partial charge on any atom is -0.495 e. The molecule has 1 aromatic carbocycles. The molecular formula is C14H14BrNO4. The first-order valence-electron chi connectivity index (χ1n) is 5.91. The van der Waals surface area contributed by atoms with Gasteiger partial charge in [-0.2, -0.15) is 0 Å². The number of methoxy groups -OCH3 is 1. The van der Waals surface area contributed by atoms with Crippen molar-refractivity contribution in [3.05, 3.63) is 45.8 Å². The molecule has 0 spiro atoms. The van der Waals surface area contributed by atoms with Crippen LogP contribution in [0.5, 0.6) is 5.75 Å². The Morgan fingerprint density at radius 1 is 1.45 bits per heavy atom. The van der Waals surface area contributed by atoms with Crippen LogP contribution >= 0.6 is 15.9 Å². The van der Waals surface area contributed by atoms with Gasteiger partial charge in [-0.05, 0) is 41.1 Å². The van der Waals surface area contributed by atoms with Crippen LogP contribution in [-0.2, 0) is 6.54 Å². The lowest BCUT2D eigenvalue weighted by Gasteiger charge is -2.08. The first-order chi connectivity index (χ1) is 9.51. The molecule has 20 heavy (non-hydrogen) atoms. The zero-order chi connectivity index (χ0) is 14.7. The maximum atomic E-state index is 10.9. The Kier molecular flexibility index (Phi) is 4.34. The van der Waals surface area contributed by atoms with Gasteiger partial charge in [-0.3, -0.25) is 0 Å². The van der Waals surface area contributed by atoms with Crippen LogP contribution in [0.25, 0.3) is 0 Å². The van der Waals surface area contributed by atoms with E-state index in [4.69, 9.17) is 14.3 Å². The maximum Gasteiger partial charge on any atom is 0.372 e. The van der Waals surface area contributed by atoms with Crippen LogP contribution in [0.1, 0.15) is 21.9 Å². The molecule has 0 aliphatic carbocycles. The number of nitrogens with one attached hydrogen (secondary N) is 1. The molecule has 6 heteroatoms. The fourth-order valence-electron chi connectivity index (χ4n) is 1.81. The molecule has 0 unspecified atom stereocenters. The van der Waals surface area contributed by atoms with Crippen molar-refractivity contribution in [3.8, 4) is 5.75 Å². The molecule has 1 heterocycles. The second-order valence-corrected chi connectivity index (χ2v) is 5.09. The third kappa shape index (κ3) is 3.14. The first kappa shape index (κ1) is 14.5. The molecule has 0 amide bonds. The van der Waals surface area contributed by atoms with E-state index in [0.717, 1.165) is 15.9 Å². The predicted molar refractivity (Wildman–Crippen MR) is 78.4 cm³/mol. The summed E-state index contributed by atoms with van der Waals surface area (Å²) in [6, 6.07) is 7.32. The number of anilines is 1. The van der Waals surface area contributed by atoms with Gasteiger partial charge in [-0.25, -0.2) is 4.79 Å². The quantitative estimate of drug-likeness (QED) is 0.869. The zero-order valence-corrected chi connectivity index (χ0v) is 12.7. The lowest BCUT2D eigenvalue weighted by molar-refractivity contribution is 0.0659. The molecule has 5 nitrogen and oxygen atoms in total. The van der Waals surface area contributed by atoms with Crippen molar-refractivity contribution in [1.29, 1.82) is 0 Å². The van der Waals surface area contributed by atoms with Gasteiger partial charge in [0.2, 0.25) is 5.76 Å². The Hall–Kier alpha value is -1.95. The van der Waals surface area contributed by atoms with Crippen LogP contribution in [0.2, 0.25) is 0 Å². The van der Waals surface area contributed by atoms with Crippen molar-refractivity contribution in [2.45, 2.75) is 13.5 Å². The smallest absolute Gasteiger partial charge is 0.372 e. The van der Waals surface area contributed by atoms with Gasteiger partial charge in [-0.1, -0.05) is 0 Å². The van der Waals surface area contributed by atoms with Crippen LogP contribution in [0, 0.1) is 6.92 Å². The summed E-state index contributed by atoms with van der Waals surface area (Å²) in [4.78, 5) is 10.9. The fraction of sp³-hybridized carbons (Fsp3) is 0.214. The number of carboxylic acids is 1. The molecule has 2 N–H and O–H groups in total. The second-order valence-electron chi connectivity index (χ2n) is 4.23. The van der Waals surface area contributed by atoms with E-state index >= 15 is 0 Å². The third-order valence-corrected chi connectivity index (χ3v) is 3.44. The van der Waals surface area contributed by atoms with Crippen LogP contribution in [0.15, 0.2) is 33.2 Å². The highest BCUT2D eigenvalue weighted by Gasteiger charge is 2.14. The highest BCUT2D eigenvalue weighted by molar-refractivity contribution is 9.10. The van der Waals surface area contributed by atoms with E-state index in [0.29, 0.717) is 17.9 Å². The van der Waals surface area contributed by atoms with E-state index in [9.17, 15) is 4.79 Å². The predicted octanol–water partition coefficient (Wildman–Crippen LogP) is 3.67. The Bertz CT molecular complexity index is 636. The number of carboxylic acid groups (broad SMARTS) is 1. The molecule has 0 saturated heterocycles. The van der Waals surface area contributed by atoms with Gasteiger partial charge >= 0.3 is 5.97 Å². The van der Waals surface area contributed by atoms with Gasteiger partial charge in [-0.15, -0.1) is 0 Å². The van der Waals surface area contributed by atoms with Crippen LogP contribution < -0.4 is 10.1 Å². The van der Waals surface area contributed by atoms with Gasteiger partial charge < -0.3 is 19.6 Å². The molecule has 0 radical (unpaired) electrons. The van der Waals surface area contributed by atoms with Gasteiger partial charge in [0.25, 0.3) is 0 Å². The third-order valence-electron chi connectivity index (χ3n) is 2.78. The lowest BCUT2D eigenvalue weighted by atomic mass is 10.2. The Morgan fingerprint density at radius 3 is 2.80 bits per heavy atom. The molecule has 0 aliphatic heterocycles. The number of furan rings is 1. The molecule has 0 saturated carbocycles. The minimum atomic E-state index is -1.06. The minimum absolute atomic E-state index is 0.0183. The molecule has 1 aromatic heterocycles. The van der Waals surface area contributed by atoms with E-state index in [1.807, 2.05) is 18.2 Å². The summed E-state index contributed by atoms with van der Waals surface area (Å²) in [5, 5.41) is 12.1.